The van der Waals surface area contributed by atoms with Crippen LogP contribution in [0.15, 0.2) is 0 Å². The van der Waals surface area contributed by atoms with E-state index in [1.165, 1.54) is 54.4 Å². The molecule has 0 aromatic carbocycles. The summed E-state index contributed by atoms with van der Waals surface area (Å²) >= 11 is 1.91. The predicted octanol–water partition coefficient (Wildman–Crippen LogP) is 4.54. The van der Waals surface area contributed by atoms with E-state index in [1.54, 1.807) is 0 Å². The standard InChI is InChI=1S/C17H31N3S/c1-5-10-18-12-15-16(13(2)3)19-17(21-15)20-11-8-6-7-9-14(20)4/h13-14,18H,5-12H2,1-4H3. The Morgan fingerprint density at radius 3 is 2.86 bits per heavy atom. The van der Waals surface area contributed by atoms with Gasteiger partial charge in [0.15, 0.2) is 5.13 Å². The first-order chi connectivity index (χ1) is 10.1. The average Bonchev–Trinajstić information content (AvgIpc) is 2.75. The molecule has 1 N–H and O–H groups in total. The van der Waals surface area contributed by atoms with E-state index in [2.05, 4.69) is 37.9 Å². The van der Waals surface area contributed by atoms with Crippen molar-refractivity contribution in [1.29, 1.82) is 0 Å². The lowest BCUT2D eigenvalue weighted by Gasteiger charge is -2.26. The number of rotatable bonds is 6. The summed E-state index contributed by atoms with van der Waals surface area (Å²) in [5.41, 5.74) is 1.30. The highest BCUT2D eigenvalue weighted by Crippen LogP contribution is 2.33. The monoisotopic (exact) mass is 309 g/mol. The van der Waals surface area contributed by atoms with Gasteiger partial charge in [0.1, 0.15) is 0 Å². The quantitative estimate of drug-likeness (QED) is 0.782. The van der Waals surface area contributed by atoms with Crippen molar-refractivity contribution in [3.05, 3.63) is 10.6 Å². The topological polar surface area (TPSA) is 28.2 Å². The Morgan fingerprint density at radius 2 is 2.14 bits per heavy atom. The van der Waals surface area contributed by atoms with Crippen molar-refractivity contribution in [1.82, 2.24) is 10.3 Å². The van der Waals surface area contributed by atoms with E-state index in [0.29, 0.717) is 12.0 Å². The van der Waals surface area contributed by atoms with E-state index < -0.39 is 0 Å². The maximum Gasteiger partial charge on any atom is 0.186 e. The molecule has 2 rings (SSSR count). The molecule has 1 fully saturated rings. The van der Waals surface area contributed by atoms with Gasteiger partial charge in [-0.1, -0.05) is 33.6 Å². The molecule has 2 heterocycles. The van der Waals surface area contributed by atoms with E-state index in [9.17, 15) is 0 Å². The van der Waals surface area contributed by atoms with Crippen molar-refractivity contribution in [2.75, 3.05) is 18.0 Å². The number of nitrogens with one attached hydrogen (secondary N) is 1. The van der Waals surface area contributed by atoms with Crippen molar-refractivity contribution in [3.8, 4) is 0 Å². The third-order valence-corrected chi connectivity index (χ3v) is 5.38. The molecule has 0 saturated carbocycles. The lowest BCUT2D eigenvalue weighted by atomic mass is 10.1. The van der Waals surface area contributed by atoms with Crippen LogP contribution in [-0.4, -0.2) is 24.1 Å². The summed E-state index contributed by atoms with van der Waals surface area (Å²) in [6.07, 6.45) is 6.54. The Hall–Kier alpha value is -0.610. The zero-order valence-corrected chi connectivity index (χ0v) is 14.9. The summed E-state index contributed by atoms with van der Waals surface area (Å²) in [5.74, 6) is 0.510. The van der Waals surface area contributed by atoms with Crippen molar-refractivity contribution < 1.29 is 0 Å². The number of nitrogens with zero attached hydrogens (tertiary/aromatic N) is 2. The van der Waals surface area contributed by atoms with Gasteiger partial charge in [-0.2, -0.15) is 0 Å². The first kappa shape index (κ1) is 16.8. The minimum atomic E-state index is 0.510. The molecular formula is C17H31N3S. The van der Waals surface area contributed by atoms with Gasteiger partial charge in [-0.25, -0.2) is 4.98 Å². The fourth-order valence-corrected chi connectivity index (χ4v) is 4.30. The Labute approximate surface area is 134 Å². The van der Waals surface area contributed by atoms with Crippen LogP contribution in [0.5, 0.6) is 0 Å². The number of thiazole rings is 1. The highest BCUT2D eigenvalue weighted by Gasteiger charge is 2.22. The van der Waals surface area contributed by atoms with Gasteiger partial charge >= 0.3 is 0 Å². The maximum atomic E-state index is 5.01. The fraction of sp³-hybridized carbons (Fsp3) is 0.824. The van der Waals surface area contributed by atoms with Crippen molar-refractivity contribution in [2.45, 2.75) is 78.3 Å². The molecule has 0 radical (unpaired) electrons. The van der Waals surface area contributed by atoms with Gasteiger partial charge in [0.2, 0.25) is 0 Å². The summed E-state index contributed by atoms with van der Waals surface area (Å²) in [7, 11) is 0. The van der Waals surface area contributed by atoms with Gasteiger partial charge in [-0.15, -0.1) is 11.3 Å². The van der Waals surface area contributed by atoms with E-state index in [-0.39, 0.29) is 0 Å². The molecule has 3 nitrogen and oxygen atoms in total. The van der Waals surface area contributed by atoms with Gasteiger partial charge in [0, 0.05) is 24.0 Å². The number of hydrogen-bond donors (Lipinski definition) is 1. The van der Waals surface area contributed by atoms with Crippen LogP contribution in [0.3, 0.4) is 0 Å². The molecular weight excluding hydrogens is 278 g/mol. The van der Waals surface area contributed by atoms with Crippen LogP contribution in [0.2, 0.25) is 0 Å². The predicted molar refractivity (Wildman–Crippen MR) is 93.5 cm³/mol. The minimum absolute atomic E-state index is 0.510. The van der Waals surface area contributed by atoms with Gasteiger partial charge in [-0.3, -0.25) is 0 Å². The second-order valence-electron chi connectivity index (χ2n) is 6.53. The van der Waals surface area contributed by atoms with Gasteiger partial charge in [0.05, 0.1) is 5.69 Å². The number of aromatic nitrogens is 1. The Balaban J connectivity index is 2.16. The molecule has 1 aliphatic rings. The molecule has 1 aromatic rings. The Kier molecular flexibility index (Phi) is 6.49. The Morgan fingerprint density at radius 1 is 1.33 bits per heavy atom. The molecule has 1 atom stereocenters. The first-order valence-corrected chi connectivity index (χ1v) is 9.42. The third kappa shape index (κ3) is 4.43. The first-order valence-electron chi connectivity index (χ1n) is 8.60. The van der Waals surface area contributed by atoms with Crippen LogP contribution in [0.25, 0.3) is 0 Å². The highest BCUT2D eigenvalue weighted by molar-refractivity contribution is 7.15. The molecule has 0 amide bonds. The van der Waals surface area contributed by atoms with Crippen LogP contribution in [0.1, 0.15) is 76.3 Å². The largest absolute Gasteiger partial charge is 0.345 e. The van der Waals surface area contributed by atoms with Gasteiger partial charge < -0.3 is 10.2 Å². The summed E-state index contributed by atoms with van der Waals surface area (Å²) < 4.78 is 0. The second-order valence-corrected chi connectivity index (χ2v) is 7.59. The summed E-state index contributed by atoms with van der Waals surface area (Å²) in [6, 6.07) is 0.634. The zero-order chi connectivity index (χ0) is 15.2. The van der Waals surface area contributed by atoms with Crippen molar-refractivity contribution >= 4 is 16.5 Å². The molecule has 4 heteroatoms. The molecule has 1 saturated heterocycles. The summed E-state index contributed by atoms with van der Waals surface area (Å²) in [5, 5.41) is 4.79. The maximum absolute atomic E-state index is 5.01. The average molecular weight is 310 g/mol. The molecule has 120 valence electrons. The highest BCUT2D eigenvalue weighted by atomic mass is 32.1. The van der Waals surface area contributed by atoms with Crippen LogP contribution in [-0.2, 0) is 6.54 Å². The molecule has 21 heavy (non-hydrogen) atoms. The normalized spacial score (nSPS) is 20.0. The number of hydrogen-bond acceptors (Lipinski definition) is 4. The molecule has 1 aromatic heterocycles. The van der Waals surface area contributed by atoms with E-state index in [4.69, 9.17) is 4.98 Å². The van der Waals surface area contributed by atoms with Crippen LogP contribution >= 0.6 is 11.3 Å². The van der Waals surface area contributed by atoms with E-state index >= 15 is 0 Å². The zero-order valence-electron chi connectivity index (χ0n) is 14.1. The third-order valence-electron chi connectivity index (χ3n) is 4.27. The van der Waals surface area contributed by atoms with Crippen LogP contribution < -0.4 is 10.2 Å². The molecule has 1 unspecified atom stereocenters. The van der Waals surface area contributed by atoms with Gasteiger partial charge in [0.25, 0.3) is 0 Å². The van der Waals surface area contributed by atoms with E-state index in [1.807, 2.05) is 11.3 Å². The number of anilines is 1. The molecule has 0 spiro atoms. The Bertz CT molecular complexity index is 428. The van der Waals surface area contributed by atoms with Crippen molar-refractivity contribution in [2.24, 2.45) is 0 Å². The van der Waals surface area contributed by atoms with Crippen molar-refractivity contribution in [3.63, 3.8) is 0 Å². The molecule has 0 aliphatic carbocycles. The van der Waals surface area contributed by atoms with Crippen LogP contribution in [0.4, 0.5) is 5.13 Å². The fourth-order valence-electron chi connectivity index (χ4n) is 2.99. The molecule has 1 aliphatic heterocycles. The summed E-state index contributed by atoms with van der Waals surface area (Å²) in [4.78, 5) is 8.99. The lowest BCUT2D eigenvalue weighted by Crippen LogP contribution is -2.32. The molecule has 0 bridgehead atoms. The lowest BCUT2D eigenvalue weighted by molar-refractivity contribution is 0.613. The second kappa shape index (κ2) is 8.14. The summed E-state index contributed by atoms with van der Waals surface area (Å²) in [6.45, 7) is 12.3. The minimum Gasteiger partial charge on any atom is -0.345 e. The smallest absolute Gasteiger partial charge is 0.186 e. The van der Waals surface area contributed by atoms with Gasteiger partial charge in [-0.05, 0) is 38.6 Å². The van der Waals surface area contributed by atoms with E-state index in [0.717, 1.165) is 13.1 Å². The van der Waals surface area contributed by atoms with Crippen LogP contribution in [0, 0.1) is 0 Å². The SMILES string of the molecule is CCCNCc1sc(N2CCCCCC2C)nc1C(C)C.